The Morgan fingerprint density at radius 1 is 0.964 bits per heavy atom. The quantitative estimate of drug-likeness (QED) is 0.414. The Kier molecular flexibility index (Phi) is 6.67. The van der Waals surface area contributed by atoms with Crippen molar-refractivity contribution in [2.24, 2.45) is 0 Å². The summed E-state index contributed by atoms with van der Waals surface area (Å²) in [5.74, 6) is 1.88. The summed E-state index contributed by atoms with van der Waals surface area (Å²) >= 11 is 0. The molecule has 3 aromatic rings. The van der Waals surface area contributed by atoms with Gasteiger partial charge in [0.2, 0.25) is 5.91 Å². The van der Waals surface area contributed by atoms with E-state index in [1.807, 2.05) is 55.5 Å². The van der Waals surface area contributed by atoms with Crippen LogP contribution in [0.3, 0.4) is 0 Å². The van der Waals surface area contributed by atoms with Crippen LogP contribution in [-0.4, -0.2) is 33.9 Å². The number of hydrogen-bond acceptors (Lipinski definition) is 6. The Bertz CT molecular complexity index is 942. The maximum Gasteiger partial charge on any atom is 0.244 e. The summed E-state index contributed by atoms with van der Waals surface area (Å²) in [6.45, 7) is 3.04. The Balaban J connectivity index is 1.43. The number of carbonyl (C=O) groups is 1. The highest BCUT2D eigenvalue weighted by Gasteiger charge is 2.01. The van der Waals surface area contributed by atoms with Crippen LogP contribution in [0.4, 0.5) is 17.5 Å². The third-order valence-electron chi connectivity index (χ3n) is 3.92. The van der Waals surface area contributed by atoms with E-state index < -0.39 is 0 Å². The molecule has 0 aliphatic rings. The summed E-state index contributed by atoms with van der Waals surface area (Å²) < 4.78 is 0. The SMILES string of the molecule is Cc1ccccc1/C=C/C(=O)NCCNc1cc(Nc2ccccn2)ncn1. The largest absolute Gasteiger partial charge is 0.368 e. The fourth-order valence-corrected chi connectivity index (χ4v) is 2.46. The summed E-state index contributed by atoms with van der Waals surface area (Å²) in [4.78, 5) is 24.5. The molecule has 0 bridgehead atoms. The van der Waals surface area contributed by atoms with E-state index in [1.54, 1.807) is 18.3 Å². The van der Waals surface area contributed by atoms with E-state index in [1.165, 1.54) is 6.33 Å². The van der Waals surface area contributed by atoms with Crippen LogP contribution in [0.5, 0.6) is 0 Å². The van der Waals surface area contributed by atoms with Crippen molar-refractivity contribution in [3.05, 3.63) is 78.3 Å². The van der Waals surface area contributed by atoms with Crippen molar-refractivity contribution in [1.29, 1.82) is 0 Å². The summed E-state index contributed by atoms with van der Waals surface area (Å²) in [5.41, 5.74) is 2.16. The van der Waals surface area contributed by atoms with Crippen LogP contribution in [0.25, 0.3) is 6.08 Å². The van der Waals surface area contributed by atoms with Gasteiger partial charge in [-0.15, -0.1) is 0 Å². The molecule has 0 saturated carbocycles. The lowest BCUT2D eigenvalue weighted by atomic mass is 10.1. The molecule has 3 rings (SSSR count). The number of rotatable bonds is 8. The standard InChI is InChI=1S/C21H22N6O/c1-16-6-2-3-7-17(16)9-10-21(28)24-13-12-23-19-14-20(26-15-25-19)27-18-8-4-5-11-22-18/h2-11,14-15H,12-13H2,1H3,(H,24,28)(H2,22,23,25,26,27)/b10-9+. The second kappa shape index (κ2) is 9.82. The summed E-state index contributed by atoms with van der Waals surface area (Å²) in [7, 11) is 0. The van der Waals surface area contributed by atoms with Gasteiger partial charge in [-0.1, -0.05) is 30.3 Å². The molecule has 0 radical (unpaired) electrons. The molecule has 7 nitrogen and oxygen atoms in total. The lowest BCUT2D eigenvalue weighted by molar-refractivity contribution is -0.116. The van der Waals surface area contributed by atoms with Crippen molar-refractivity contribution in [3.8, 4) is 0 Å². The Morgan fingerprint density at radius 3 is 2.61 bits per heavy atom. The third-order valence-corrected chi connectivity index (χ3v) is 3.92. The maximum absolute atomic E-state index is 11.9. The zero-order valence-corrected chi connectivity index (χ0v) is 15.6. The van der Waals surface area contributed by atoms with Crippen molar-refractivity contribution < 1.29 is 4.79 Å². The first kappa shape index (κ1) is 19.0. The molecule has 28 heavy (non-hydrogen) atoms. The van der Waals surface area contributed by atoms with E-state index in [0.717, 1.165) is 11.1 Å². The molecule has 1 amide bonds. The number of aryl methyl sites for hydroxylation is 1. The Labute approximate surface area is 164 Å². The highest BCUT2D eigenvalue weighted by Crippen LogP contribution is 2.13. The van der Waals surface area contributed by atoms with Crippen LogP contribution < -0.4 is 16.0 Å². The fourth-order valence-electron chi connectivity index (χ4n) is 2.46. The average Bonchev–Trinajstić information content (AvgIpc) is 2.72. The molecule has 2 heterocycles. The first-order valence-corrected chi connectivity index (χ1v) is 8.96. The molecule has 3 N–H and O–H groups in total. The van der Waals surface area contributed by atoms with Crippen LogP contribution in [0.1, 0.15) is 11.1 Å². The third kappa shape index (κ3) is 5.91. The average molecular weight is 374 g/mol. The molecular weight excluding hydrogens is 352 g/mol. The van der Waals surface area contributed by atoms with Gasteiger partial charge in [0.15, 0.2) is 0 Å². The van der Waals surface area contributed by atoms with E-state index in [4.69, 9.17) is 0 Å². The van der Waals surface area contributed by atoms with E-state index in [0.29, 0.717) is 30.5 Å². The first-order chi connectivity index (χ1) is 13.7. The molecule has 0 unspecified atom stereocenters. The second-order valence-corrected chi connectivity index (χ2v) is 6.04. The number of hydrogen-bond donors (Lipinski definition) is 3. The minimum Gasteiger partial charge on any atom is -0.368 e. The van der Waals surface area contributed by atoms with Crippen LogP contribution in [0.15, 0.2) is 67.1 Å². The number of amides is 1. The van der Waals surface area contributed by atoms with Crippen molar-refractivity contribution in [2.75, 3.05) is 23.7 Å². The lowest BCUT2D eigenvalue weighted by Crippen LogP contribution is -2.27. The van der Waals surface area contributed by atoms with E-state index in [-0.39, 0.29) is 5.91 Å². The first-order valence-electron chi connectivity index (χ1n) is 8.96. The molecule has 1 aromatic carbocycles. The van der Waals surface area contributed by atoms with Gasteiger partial charge in [-0.3, -0.25) is 4.79 Å². The van der Waals surface area contributed by atoms with Gasteiger partial charge in [0, 0.05) is 31.4 Å². The van der Waals surface area contributed by atoms with Gasteiger partial charge in [0.25, 0.3) is 0 Å². The predicted molar refractivity (Wildman–Crippen MR) is 111 cm³/mol. The van der Waals surface area contributed by atoms with Crippen LogP contribution >= 0.6 is 0 Å². The van der Waals surface area contributed by atoms with Gasteiger partial charge < -0.3 is 16.0 Å². The molecule has 0 aliphatic carbocycles. The van der Waals surface area contributed by atoms with Gasteiger partial charge in [-0.2, -0.15) is 0 Å². The minimum absolute atomic E-state index is 0.134. The van der Waals surface area contributed by atoms with Crippen LogP contribution in [0, 0.1) is 6.92 Å². The summed E-state index contributed by atoms with van der Waals surface area (Å²) in [5, 5.41) is 9.11. The van der Waals surface area contributed by atoms with Gasteiger partial charge in [-0.25, -0.2) is 15.0 Å². The number of aromatic nitrogens is 3. The Hall–Kier alpha value is -3.74. The number of pyridine rings is 1. The van der Waals surface area contributed by atoms with Crippen LogP contribution in [-0.2, 0) is 4.79 Å². The molecule has 0 aliphatic heterocycles. The summed E-state index contributed by atoms with van der Waals surface area (Å²) in [6.07, 6.45) is 6.54. The van der Waals surface area contributed by atoms with Gasteiger partial charge >= 0.3 is 0 Å². The lowest BCUT2D eigenvalue weighted by Gasteiger charge is -2.08. The zero-order chi connectivity index (χ0) is 19.6. The highest BCUT2D eigenvalue weighted by molar-refractivity contribution is 5.91. The normalized spacial score (nSPS) is 10.6. The van der Waals surface area contributed by atoms with Gasteiger partial charge in [-0.05, 0) is 36.3 Å². The number of nitrogens with zero attached hydrogens (tertiary/aromatic N) is 3. The molecule has 2 aromatic heterocycles. The van der Waals surface area contributed by atoms with Gasteiger partial charge in [0.05, 0.1) is 0 Å². The maximum atomic E-state index is 11.9. The van der Waals surface area contributed by atoms with E-state index in [2.05, 4.69) is 30.9 Å². The minimum atomic E-state index is -0.134. The zero-order valence-electron chi connectivity index (χ0n) is 15.6. The molecular formula is C21H22N6O. The number of anilines is 3. The van der Waals surface area contributed by atoms with Gasteiger partial charge in [0.1, 0.15) is 23.8 Å². The molecule has 0 atom stereocenters. The molecule has 7 heteroatoms. The van der Waals surface area contributed by atoms with Crippen molar-refractivity contribution in [2.45, 2.75) is 6.92 Å². The van der Waals surface area contributed by atoms with Crippen molar-refractivity contribution >= 4 is 29.4 Å². The van der Waals surface area contributed by atoms with E-state index >= 15 is 0 Å². The number of nitrogens with one attached hydrogen (secondary N) is 3. The topological polar surface area (TPSA) is 91.8 Å². The summed E-state index contributed by atoms with van der Waals surface area (Å²) in [6, 6.07) is 15.3. The number of benzene rings is 1. The van der Waals surface area contributed by atoms with Crippen LogP contribution in [0.2, 0.25) is 0 Å². The Morgan fingerprint density at radius 2 is 1.79 bits per heavy atom. The number of carbonyl (C=O) groups excluding carboxylic acids is 1. The molecule has 142 valence electrons. The highest BCUT2D eigenvalue weighted by atomic mass is 16.1. The second-order valence-electron chi connectivity index (χ2n) is 6.04. The van der Waals surface area contributed by atoms with Crippen molar-refractivity contribution in [1.82, 2.24) is 20.3 Å². The molecule has 0 saturated heterocycles. The monoisotopic (exact) mass is 374 g/mol. The molecule has 0 spiro atoms. The van der Waals surface area contributed by atoms with Crippen molar-refractivity contribution in [3.63, 3.8) is 0 Å². The predicted octanol–water partition coefficient (Wildman–Crippen LogP) is 3.17. The molecule has 0 fully saturated rings. The smallest absolute Gasteiger partial charge is 0.244 e. The fraction of sp³-hybridized carbons (Fsp3) is 0.143. The van der Waals surface area contributed by atoms with E-state index in [9.17, 15) is 4.79 Å².